The molecule has 0 radical (unpaired) electrons. The molecule has 0 saturated carbocycles. The minimum Gasteiger partial charge on any atom is -0.285 e. The van der Waals surface area contributed by atoms with Gasteiger partial charge in [-0.1, -0.05) is 42.1 Å². The van der Waals surface area contributed by atoms with Crippen LogP contribution in [-0.2, 0) is 6.54 Å². The summed E-state index contributed by atoms with van der Waals surface area (Å²) in [6, 6.07) is 10.1. The average molecular weight is 209 g/mol. The summed E-state index contributed by atoms with van der Waals surface area (Å²) in [5, 5.41) is 2.49. The van der Waals surface area contributed by atoms with Crippen LogP contribution in [0, 0.1) is 0 Å². The van der Waals surface area contributed by atoms with Crippen molar-refractivity contribution >= 4 is 16.9 Å². The molecule has 4 heteroatoms. The molecule has 0 aliphatic rings. The van der Waals surface area contributed by atoms with E-state index in [2.05, 4.69) is 4.99 Å². The van der Waals surface area contributed by atoms with Gasteiger partial charge in [-0.05, 0) is 11.8 Å². The monoisotopic (exact) mass is 209 g/mol. The molecule has 1 aromatic rings. The van der Waals surface area contributed by atoms with Gasteiger partial charge in [0.1, 0.15) is 0 Å². The summed E-state index contributed by atoms with van der Waals surface area (Å²) >= 11 is 1.55. The normalized spacial score (nSPS) is 11.5. The van der Waals surface area contributed by atoms with Crippen LogP contribution in [0.4, 0.5) is 0 Å². The lowest BCUT2D eigenvalue weighted by Gasteiger charge is -2.18. The molecule has 0 fully saturated rings. The third-order valence-corrected chi connectivity index (χ3v) is 2.60. The summed E-state index contributed by atoms with van der Waals surface area (Å²) in [4.78, 5) is 4.08. The molecule has 76 valence electrons. The Morgan fingerprint density at radius 1 is 1.43 bits per heavy atom. The van der Waals surface area contributed by atoms with Gasteiger partial charge in [-0.3, -0.25) is 10.0 Å². The van der Waals surface area contributed by atoms with Gasteiger partial charge in [0, 0.05) is 7.05 Å². The number of benzene rings is 1. The SMILES string of the molecule is CN=C(SC)N(N)Cc1ccccc1. The first kappa shape index (κ1) is 11.1. The number of nitrogens with zero attached hydrogens (tertiary/aromatic N) is 2. The molecule has 1 rings (SSSR count). The second kappa shape index (κ2) is 5.67. The number of thioether (sulfide) groups is 1. The Labute approximate surface area is 89.0 Å². The van der Waals surface area contributed by atoms with Crippen molar-refractivity contribution in [2.24, 2.45) is 10.8 Å². The minimum absolute atomic E-state index is 0.689. The van der Waals surface area contributed by atoms with E-state index in [1.54, 1.807) is 23.8 Å². The smallest absolute Gasteiger partial charge is 0.173 e. The van der Waals surface area contributed by atoms with Gasteiger partial charge in [0.25, 0.3) is 0 Å². The molecular formula is C10H15N3S. The second-order valence-electron chi connectivity index (χ2n) is 2.82. The molecule has 0 aliphatic heterocycles. The van der Waals surface area contributed by atoms with Crippen LogP contribution in [0.1, 0.15) is 5.56 Å². The van der Waals surface area contributed by atoms with Gasteiger partial charge in [0.2, 0.25) is 0 Å². The Morgan fingerprint density at radius 2 is 2.07 bits per heavy atom. The molecule has 0 unspecified atom stereocenters. The molecule has 3 nitrogen and oxygen atoms in total. The largest absolute Gasteiger partial charge is 0.285 e. The maximum Gasteiger partial charge on any atom is 0.173 e. The van der Waals surface area contributed by atoms with Crippen molar-refractivity contribution in [2.75, 3.05) is 13.3 Å². The van der Waals surface area contributed by atoms with Gasteiger partial charge in [-0.25, -0.2) is 5.84 Å². The lowest BCUT2D eigenvalue weighted by molar-refractivity contribution is 0.442. The maximum atomic E-state index is 5.85. The van der Waals surface area contributed by atoms with Crippen molar-refractivity contribution in [3.05, 3.63) is 35.9 Å². The van der Waals surface area contributed by atoms with Crippen LogP contribution in [0.3, 0.4) is 0 Å². The molecule has 14 heavy (non-hydrogen) atoms. The third kappa shape index (κ3) is 3.05. The van der Waals surface area contributed by atoms with Crippen molar-refractivity contribution in [1.29, 1.82) is 0 Å². The summed E-state index contributed by atoms with van der Waals surface area (Å²) in [6.07, 6.45) is 1.97. The van der Waals surface area contributed by atoms with Gasteiger partial charge >= 0.3 is 0 Å². The molecule has 0 amide bonds. The lowest BCUT2D eigenvalue weighted by Crippen LogP contribution is -2.34. The number of nitrogens with two attached hydrogens (primary N) is 1. The van der Waals surface area contributed by atoms with Gasteiger partial charge in [-0.2, -0.15) is 0 Å². The van der Waals surface area contributed by atoms with Crippen LogP contribution in [0.5, 0.6) is 0 Å². The number of hydrogen-bond acceptors (Lipinski definition) is 3. The quantitative estimate of drug-likeness (QED) is 0.349. The molecular weight excluding hydrogens is 194 g/mol. The van der Waals surface area contributed by atoms with Gasteiger partial charge < -0.3 is 0 Å². The molecule has 0 spiro atoms. The summed E-state index contributed by atoms with van der Waals surface area (Å²) < 4.78 is 0. The Kier molecular flexibility index (Phi) is 4.49. The molecule has 0 atom stereocenters. The van der Waals surface area contributed by atoms with Crippen molar-refractivity contribution in [3.63, 3.8) is 0 Å². The summed E-state index contributed by atoms with van der Waals surface area (Å²) in [5.41, 5.74) is 1.19. The zero-order valence-corrected chi connectivity index (χ0v) is 9.29. The zero-order chi connectivity index (χ0) is 10.4. The second-order valence-corrected chi connectivity index (χ2v) is 3.60. The minimum atomic E-state index is 0.689. The number of amidine groups is 1. The van der Waals surface area contributed by atoms with Crippen LogP contribution in [0.2, 0.25) is 0 Å². The molecule has 2 N–H and O–H groups in total. The van der Waals surface area contributed by atoms with Gasteiger partial charge in [-0.15, -0.1) is 0 Å². The highest BCUT2D eigenvalue weighted by molar-refractivity contribution is 8.13. The van der Waals surface area contributed by atoms with Crippen molar-refractivity contribution < 1.29 is 0 Å². The van der Waals surface area contributed by atoms with E-state index in [-0.39, 0.29) is 0 Å². The predicted octanol–water partition coefficient (Wildman–Crippen LogP) is 1.71. The van der Waals surface area contributed by atoms with E-state index in [1.807, 2.05) is 36.6 Å². The first-order valence-corrected chi connectivity index (χ1v) is 5.57. The van der Waals surface area contributed by atoms with E-state index in [9.17, 15) is 0 Å². The van der Waals surface area contributed by atoms with E-state index >= 15 is 0 Å². The first-order valence-electron chi connectivity index (χ1n) is 4.35. The zero-order valence-electron chi connectivity index (χ0n) is 8.47. The van der Waals surface area contributed by atoms with Crippen molar-refractivity contribution in [2.45, 2.75) is 6.54 Å². The Hall–Kier alpha value is -1.00. The Bertz CT molecular complexity index is 297. The lowest BCUT2D eigenvalue weighted by atomic mass is 10.2. The van der Waals surface area contributed by atoms with Crippen molar-refractivity contribution in [3.8, 4) is 0 Å². The third-order valence-electron chi connectivity index (χ3n) is 1.82. The Morgan fingerprint density at radius 3 is 2.57 bits per heavy atom. The molecule has 0 saturated heterocycles. The highest BCUT2D eigenvalue weighted by Crippen LogP contribution is 2.06. The van der Waals surface area contributed by atoms with Crippen LogP contribution in [0.15, 0.2) is 35.3 Å². The fraction of sp³-hybridized carbons (Fsp3) is 0.300. The van der Waals surface area contributed by atoms with E-state index in [0.29, 0.717) is 6.54 Å². The molecule has 1 aromatic carbocycles. The number of aliphatic imine (C=N–C) groups is 1. The predicted molar refractivity (Wildman–Crippen MR) is 63.0 cm³/mol. The van der Waals surface area contributed by atoms with Crippen LogP contribution < -0.4 is 5.84 Å². The van der Waals surface area contributed by atoms with Gasteiger partial charge in [0.15, 0.2) is 5.17 Å². The molecule has 0 aliphatic carbocycles. The van der Waals surface area contributed by atoms with Crippen LogP contribution in [0.25, 0.3) is 0 Å². The highest BCUT2D eigenvalue weighted by Gasteiger charge is 2.04. The highest BCUT2D eigenvalue weighted by atomic mass is 32.2. The summed E-state index contributed by atoms with van der Waals surface area (Å²) in [5.74, 6) is 5.85. The fourth-order valence-electron chi connectivity index (χ4n) is 1.18. The van der Waals surface area contributed by atoms with E-state index in [1.165, 1.54) is 5.56 Å². The Balaban J connectivity index is 2.61. The van der Waals surface area contributed by atoms with Crippen LogP contribution >= 0.6 is 11.8 Å². The van der Waals surface area contributed by atoms with Gasteiger partial charge in [0.05, 0.1) is 6.54 Å². The summed E-state index contributed by atoms with van der Waals surface area (Å²) in [6.45, 7) is 0.689. The van der Waals surface area contributed by atoms with E-state index in [4.69, 9.17) is 5.84 Å². The number of hydrogen-bond donors (Lipinski definition) is 1. The molecule has 0 bridgehead atoms. The summed E-state index contributed by atoms with van der Waals surface area (Å²) in [7, 11) is 1.75. The topological polar surface area (TPSA) is 41.6 Å². The fourth-order valence-corrected chi connectivity index (χ4v) is 1.67. The van der Waals surface area contributed by atoms with E-state index < -0.39 is 0 Å². The van der Waals surface area contributed by atoms with Crippen LogP contribution in [-0.4, -0.2) is 23.5 Å². The van der Waals surface area contributed by atoms with E-state index in [0.717, 1.165) is 5.17 Å². The number of hydrazine groups is 1. The molecule has 0 heterocycles. The first-order chi connectivity index (χ1) is 6.77. The maximum absolute atomic E-state index is 5.85. The number of rotatable bonds is 2. The molecule has 0 aromatic heterocycles. The average Bonchev–Trinajstić information content (AvgIpc) is 2.21. The standard InChI is InChI=1S/C10H15N3S/c1-12-10(14-2)13(11)8-9-6-4-3-5-7-9/h3-7H,8,11H2,1-2H3. The van der Waals surface area contributed by atoms with Crippen molar-refractivity contribution in [1.82, 2.24) is 5.01 Å².